The Balaban J connectivity index is 1.33. The number of unbranched alkanes of at least 4 members (excludes halogenated alkanes) is 2. The van der Waals surface area contributed by atoms with E-state index >= 15 is 0 Å². The molecule has 3 aromatic rings. The van der Waals surface area contributed by atoms with Gasteiger partial charge in [-0.3, -0.25) is 4.79 Å². The second kappa shape index (κ2) is 9.94. The van der Waals surface area contributed by atoms with Crippen molar-refractivity contribution in [2.24, 2.45) is 0 Å². The fourth-order valence-corrected chi connectivity index (χ4v) is 5.14. The molecule has 2 heterocycles. The van der Waals surface area contributed by atoms with Crippen LogP contribution in [0.5, 0.6) is 0 Å². The molecule has 0 atom stereocenters. The maximum atomic E-state index is 12.1. The fourth-order valence-electron chi connectivity index (χ4n) is 2.50. The molecule has 1 N–H and O–H groups in total. The molecule has 0 saturated carbocycles. The van der Waals surface area contributed by atoms with Crippen LogP contribution in [0, 0.1) is 0 Å². The van der Waals surface area contributed by atoms with Crippen molar-refractivity contribution in [2.45, 2.75) is 35.0 Å². The van der Waals surface area contributed by atoms with E-state index in [1.54, 1.807) is 17.5 Å². The molecule has 0 saturated heterocycles. The van der Waals surface area contributed by atoms with Crippen LogP contribution in [-0.4, -0.2) is 27.9 Å². The monoisotopic (exact) mass is 403 g/mol. The molecule has 0 aliphatic carbocycles. The van der Waals surface area contributed by atoms with Crippen LogP contribution in [0.15, 0.2) is 52.0 Å². The van der Waals surface area contributed by atoms with Crippen LogP contribution in [0.2, 0.25) is 0 Å². The first kappa shape index (κ1) is 19.2. The molecular weight excluding hydrogens is 382 g/mol. The van der Waals surface area contributed by atoms with Crippen LogP contribution in [-0.2, 0) is 4.79 Å². The summed E-state index contributed by atoms with van der Waals surface area (Å²) in [5, 5.41) is 3.81. The summed E-state index contributed by atoms with van der Waals surface area (Å²) >= 11 is 5.10. The van der Waals surface area contributed by atoms with Gasteiger partial charge in [0.2, 0.25) is 5.91 Å². The summed E-state index contributed by atoms with van der Waals surface area (Å²) in [7, 11) is 0. The summed E-state index contributed by atoms with van der Waals surface area (Å²) in [5.41, 5.74) is 1.88. The standard InChI is InChI=1S/C19H21N3OS3/c1-24-18-15(9-7-12-20-18)21-17(23)11-3-2-6-13-25-19-22-14-8-4-5-10-16(14)26-19/h4-5,7-10,12H,2-3,6,11,13H2,1H3,(H,21,23). The van der Waals surface area contributed by atoms with Crippen molar-refractivity contribution in [2.75, 3.05) is 17.3 Å². The summed E-state index contributed by atoms with van der Waals surface area (Å²) in [6, 6.07) is 12.0. The van der Waals surface area contributed by atoms with E-state index in [4.69, 9.17) is 0 Å². The van der Waals surface area contributed by atoms with Gasteiger partial charge in [0.1, 0.15) is 5.03 Å². The molecule has 1 amide bonds. The number of hydrogen-bond donors (Lipinski definition) is 1. The smallest absolute Gasteiger partial charge is 0.224 e. The zero-order valence-electron chi connectivity index (χ0n) is 14.6. The molecule has 1 aromatic carbocycles. The van der Waals surface area contributed by atoms with E-state index in [-0.39, 0.29) is 5.91 Å². The highest BCUT2D eigenvalue weighted by Gasteiger charge is 2.07. The van der Waals surface area contributed by atoms with E-state index in [0.717, 1.165) is 45.6 Å². The lowest BCUT2D eigenvalue weighted by atomic mass is 10.2. The van der Waals surface area contributed by atoms with Crippen molar-refractivity contribution in [3.8, 4) is 0 Å². The van der Waals surface area contributed by atoms with Gasteiger partial charge in [-0.2, -0.15) is 0 Å². The molecule has 0 radical (unpaired) electrons. The van der Waals surface area contributed by atoms with Crippen molar-refractivity contribution in [1.29, 1.82) is 0 Å². The summed E-state index contributed by atoms with van der Waals surface area (Å²) in [4.78, 5) is 21.0. The maximum absolute atomic E-state index is 12.1. The topological polar surface area (TPSA) is 54.9 Å². The Morgan fingerprint density at radius 1 is 1.15 bits per heavy atom. The normalized spacial score (nSPS) is 11.0. The van der Waals surface area contributed by atoms with Gasteiger partial charge in [0.25, 0.3) is 0 Å². The molecule has 0 fully saturated rings. The van der Waals surface area contributed by atoms with Crippen LogP contribution >= 0.6 is 34.9 Å². The number of amides is 1. The number of carbonyl (C=O) groups is 1. The van der Waals surface area contributed by atoms with Gasteiger partial charge in [-0.1, -0.05) is 30.3 Å². The average Bonchev–Trinajstić information content (AvgIpc) is 3.08. The number of aromatic nitrogens is 2. The van der Waals surface area contributed by atoms with Crippen molar-refractivity contribution < 1.29 is 4.79 Å². The minimum absolute atomic E-state index is 0.0622. The largest absolute Gasteiger partial charge is 0.324 e. The van der Waals surface area contributed by atoms with Crippen LogP contribution in [0.25, 0.3) is 10.2 Å². The SMILES string of the molecule is CSc1ncccc1NC(=O)CCCCCSc1nc2ccccc2s1. The van der Waals surface area contributed by atoms with Crippen LogP contribution in [0.1, 0.15) is 25.7 Å². The van der Waals surface area contributed by atoms with E-state index in [0.29, 0.717) is 6.42 Å². The highest BCUT2D eigenvalue weighted by molar-refractivity contribution is 8.01. The molecule has 4 nitrogen and oxygen atoms in total. The Hall–Kier alpha value is -1.57. The maximum Gasteiger partial charge on any atom is 0.224 e. The minimum Gasteiger partial charge on any atom is -0.324 e. The fraction of sp³-hybridized carbons (Fsp3) is 0.316. The second-order valence-electron chi connectivity index (χ2n) is 5.72. The number of thioether (sulfide) groups is 2. The quantitative estimate of drug-likeness (QED) is 0.367. The lowest BCUT2D eigenvalue weighted by Crippen LogP contribution is -2.12. The highest BCUT2D eigenvalue weighted by Crippen LogP contribution is 2.30. The summed E-state index contributed by atoms with van der Waals surface area (Å²) in [6.45, 7) is 0. The number of pyridine rings is 1. The molecule has 0 spiro atoms. The molecule has 7 heteroatoms. The number of hydrogen-bond acceptors (Lipinski definition) is 6. The Bertz CT molecular complexity index is 833. The Kier molecular flexibility index (Phi) is 7.34. The van der Waals surface area contributed by atoms with Crippen LogP contribution < -0.4 is 5.32 Å². The summed E-state index contributed by atoms with van der Waals surface area (Å²) in [6.07, 6.45) is 7.30. The summed E-state index contributed by atoms with van der Waals surface area (Å²) in [5.74, 6) is 1.10. The van der Waals surface area contributed by atoms with E-state index in [1.807, 2.05) is 42.3 Å². The molecule has 3 rings (SSSR count). The number of thiazole rings is 1. The number of carbonyl (C=O) groups excluding carboxylic acids is 1. The first-order valence-corrected chi connectivity index (χ1v) is 11.6. The van der Waals surface area contributed by atoms with Crippen molar-refractivity contribution >= 4 is 56.7 Å². The number of nitrogens with one attached hydrogen (secondary N) is 1. The predicted molar refractivity (Wildman–Crippen MR) is 113 cm³/mol. The molecule has 0 aliphatic heterocycles. The van der Waals surface area contributed by atoms with Gasteiger partial charge in [-0.25, -0.2) is 9.97 Å². The minimum atomic E-state index is 0.0622. The molecule has 0 unspecified atom stereocenters. The predicted octanol–water partition coefficient (Wildman–Crippen LogP) is 5.70. The summed E-state index contributed by atoms with van der Waals surface area (Å²) < 4.78 is 2.37. The third-order valence-corrected chi connectivity index (χ3v) is 6.76. The number of rotatable bonds is 9. The van der Waals surface area contributed by atoms with Gasteiger partial charge in [0.15, 0.2) is 4.34 Å². The lowest BCUT2D eigenvalue weighted by molar-refractivity contribution is -0.116. The van der Waals surface area contributed by atoms with Crippen molar-refractivity contribution in [1.82, 2.24) is 9.97 Å². The van der Waals surface area contributed by atoms with E-state index in [1.165, 1.54) is 16.5 Å². The zero-order chi connectivity index (χ0) is 18.2. The Morgan fingerprint density at radius 2 is 2.04 bits per heavy atom. The second-order valence-corrected chi connectivity index (χ2v) is 8.88. The van der Waals surface area contributed by atoms with Crippen molar-refractivity contribution in [3.05, 3.63) is 42.6 Å². The van der Waals surface area contributed by atoms with E-state index in [2.05, 4.69) is 27.4 Å². The molecule has 0 bridgehead atoms. The van der Waals surface area contributed by atoms with Gasteiger partial charge in [0.05, 0.1) is 15.9 Å². The van der Waals surface area contributed by atoms with Gasteiger partial charge >= 0.3 is 0 Å². The van der Waals surface area contributed by atoms with Gasteiger partial charge in [-0.05, 0) is 43.4 Å². The van der Waals surface area contributed by atoms with Crippen molar-refractivity contribution in [3.63, 3.8) is 0 Å². The molecular formula is C19H21N3OS3. The van der Waals surface area contributed by atoms with Crippen LogP contribution in [0.3, 0.4) is 0 Å². The van der Waals surface area contributed by atoms with E-state index in [9.17, 15) is 4.79 Å². The number of para-hydroxylation sites is 1. The average molecular weight is 404 g/mol. The molecule has 2 aromatic heterocycles. The molecule has 136 valence electrons. The zero-order valence-corrected chi connectivity index (χ0v) is 17.1. The van der Waals surface area contributed by atoms with Gasteiger partial charge < -0.3 is 5.32 Å². The number of nitrogens with zero attached hydrogens (tertiary/aromatic N) is 2. The highest BCUT2D eigenvalue weighted by atomic mass is 32.2. The number of anilines is 1. The molecule has 0 aliphatic rings. The van der Waals surface area contributed by atoms with Crippen LogP contribution in [0.4, 0.5) is 5.69 Å². The Labute approximate surface area is 166 Å². The number of benzene rings is 1. The third kappa shape index (κ3) is 5.46. The molecule has 26 heavy (non-hydrogen) atoms. The third-order valence-electron chi connectivity index (χ3n) is 3.79. The van der Waals surface area contributed by atoms with E-state index < -0.39 is 0 Å². The van der Waals surface area contributed by atoms with Gasteiger partial charge in [-0.15, -0.1) is 23.1 Å². The lowest BCUT2D eigenvalue weighted by Gasteiger charge is -2.08. The first-order chi connectivity index (χ1) is 12.8. The van der Waals surface area contributed by atoms with Gasteiger partial charge in [0, 0.05) is 18.4 Å². The Morgan fingerprint density at radius 3 is 2.88 bits per heavy atom. The first-order valence-electron chi connectivity index (χ1n) is 8.53. The number of fused-ring (bicyclic) bond motifs is 1.